The molecule has 0 atom stereocenters. The molecule has 0 saturated heterocycles. The summed E-state index contributed by atoms with van der Waals surface area (Å²) in [5.74, 6) is 1.47. The third kappa shape index (κ3) is 10.1. The van der Waals surface area contributed by atoms with Crippen LogP contribution in [-0.2, 0) is 9.53 Å². The number of esters is 1. The highest BCUT2D eigenvalue weighted by molar-refractivity contribution is 8.76. The molecule has 0 aliphatic heterocycles. The van der Waals surface area contributed by atoms with Crippen LogP contribution in [0.3, 0.4) is 0 Å². The fourth-order valence-corrected chi connectivity index (χ4v) is 2.78. The van der Waals surface area contributed by atoms with Gasteiger partial charge in [-0.2, -0.15) is 0 Å². The molecule has 0 bridgehead atoms. The Hall–Kier alpha value is 0.170. The lowest BCUT2D eigenvalue weighted by atomic mass is 10.2. The molecule has 0 heterocycles. The smallest absolute Gasteiger partial charge is 0.316 e. The highest BCUT2D eigenvalue weighted by atomic mass is 33.1. The predicted octanol–water partition coefficient (Wildman–Crippen LogP) is 3.12. The van der Waals surface area contributed by atoms with Gasteiger partial charge in [-0.25, -0.2) is 0 Å². The number of carbonyl (C=O) groups is 1. The lowest BCUT2D eigenvalue weighted by molar-refractivity contribution is -0.137. The first-order valence-electron chi connectivity index (χ1n) is 4.62. The minimum absolute atomic E-state index is 0.133. The molecular weight excluding hydrogens is 204 g/mol. The van der Waals surface area contributed by atoms with Gasteiger partial charge in [0.05, 0.1) is 7.11 Å². The zero-order valence-corrected chi connectivity index (χ0v) is 10.0. The maximum Gasteiger partial charge on any atom is 0.316 e. The van der Waals surface area contributed by atoms with E-state index in [-0.39, 0.29) is 5.97 Å². The van der Waals surface area contributed by atoms with Gasteiger partial charge < -0.3 is 4.74 Å². The molecule has 2 nitrogen and oxygen atoms in total. The second-order valence-corrected chi connectivity index (χ2v) is 5.30. The first kappa shape index (κ1) is 13.2. The van der Waals surface area contributed by atoms with Gasteiger partial charge in [-0.05, 0) is 6.42 Å². The monoisotopic (exact) mass is 222 g/mol. The van der Waals surface area contributed by atoms with E-state index in [0.717, 1.165) is 5.75 Å². The molecule has 0 aromatic heterocycles. The summed E-state index contributed by atoms with van der Waals surface area (Å²) < 4.78 is 4.52. The van der Waals surface area contributed by atoms with Crippen LogP contribution in [0.1, 0.15) is 32.6 Å². The van der Waals surface area contributed by atoms with Crippen molar-refractivity contribution in [3.63, 3.8) is 0 Å². The first-order valence-corrected chi connectivity index (χ1v) is 7.11. The van der Waals surface area contributed by atoms with Crippen molar-refractivity contribution in [1.82, 2.24) is 0 Å². The summed E-state index contributed by atoms with van der Waals surface area (Å²) in [5.41, 5.74) is 0. The second-order valence-electron chi connectivity index (χ2n) is 2.72. The molecular formula is C9H18O2S2. The Balaban J connectivity index is 2.95. The maximum atomic E-state index is 10.7. The number of methoxy groups -OCH3 is 1. The minimum Gasteiger partial charge on any atom is -0.468 e. The van der Waals surface area contributed by atoms with E-state index < -0.39 is 0 Å². The van der Waals surface area contributed by atoms with E-state index in [2.05, 4.69) is 11.7 Å². The molecule has 0 fully saturated rings. The molecule has 0 radical (unpaired) electrons. The van der Waals surface area contributed by atoms with Crippen molar-refractivity contribution in [3.8, 4) is 0 Å². The van der Waals surface area contributed by atoms with Crippen molar-refractivity contribution < 1.29 is 9.53 Å². The van der Waals surface area contributed by atoms with Crippen LogP contribution in [0.25, 0.3) is 0 Å². The van der Waals surface area contributed by atoms with Gasteiger partial charge in [0, 0.05) is 5.75 Å². The van der Waals surface area contributed by atoms with Crippen LogP contribution in [0.5, 0.6) is 0 Å². The van der Waals surface area contributed by atoms with Crippen molar-refractivity contribution in [2.45, 2.75) is 32.6 Å². The van der Waals surface area contributed by atoms with Gasteiger partial charge in [0.25, 0.3) is 0 Å². The highest BCUT2D eigenvalue weighted by Crippen LogP contribution is 2.22. The molecule has 0 aromatic rings. The van der Waals surface area contributed by atoms with Crippen LogP contribution in [0, 0.1) is 0 Å². The van der Waals surface area contributed by atoms with Crippen molar-refractivity contribution in [2.24, 2.45) is 0 Å². The van der Waals surface area contributed by atoms with Crippen molar-refractivity contribution in [1.29, 1.82) is 0 Å². The number of ether oxygens (including phenoxy) is 1. The Morgan fingerprint density at radius 2 is 2.00 bits per heavy atom. The average molecular weight is 222 g/mol. The molecule has 0 N–H and O–H groups in total. The lowest BCUT2D eigenvalue weighted by Crippen LogP contribution is -2.01. The standard InChI is InChI=1S/C9H18O2S2/c1-3-4-5-6-7-12-13-8-9(10)11-2/h3-8H2,1-2H3. The molecule has 4 heteroatoms. The first-order chi connectivity index (χ1) is 6.31. The molecule has 0 aliphatic rings. The highest BCUT2D eigenvalue weighted by Gasteiger charge is 1.99. The Morgan fingerprint density at radius 1 is 1.23 bits per heavy atom. The summed E-state index contributed by atoms with van der Waals surface area (Å²) in [5, 5.41) is 0. The minimum atomic E-state index is -0.133. The number of rotatable bonds is 8. The van der Waals surface area contributed by atoms with E-state index in [4.69, 9.17) is 0 Å². The van der Waals surface area contributed by atoms with Gasteiger partial charge in [0.2, 0.25) is 0 Å². The second kappa shape index (κ2) is 10.3. The van der Waals surface area contributed by atoms with E-state index in [1.165, 1.54) is 32.8 Å². The third-order valence-electron chi connectivity index (χ3n) is 1.57. The Bertz CT molecular complexity index is 129. The fourth-order valence-electron chi connectivity index (χ4n) is 0.795. The topological polar surface area (TPSA) is 26.3 Å². The van der Waals surface area contributed by atoms with Gasteiger partial charge in [0.15, 0.2) is 0 Å². The average Bonchev–Trinajstić information content (AvgIpc) is 2.16. The molecule has 0 unspecified atom stereocenters. The van der Waals surface area contributed by atoms with Crippen LogP contribution in [0.2, 0.25) is 0 Å². The molecule has 78 valence electrons. The summed E-state index contributed by atoms with van der Waals surface area (Å²) in [6.07, 6.45) is 5.16. The van der Waals surface area contributed by atoms with Gasteiger partial charge in [-0.3, -0.25) is 4.79 Å². The van der Waals surface area contributed by atoms with E-state index in [0.29, 0.717) is 5.75 Å². The molecule has 0 saturated carbocycles. The molecule has 0 aliphatic carbocycles. The van der Waals surface area contributed by atoms with Crippen molar-refractivity contribution in [3.05, 3.63) is 0 Å². The molecule has 0 amide bonds. The number of hydrogen-bond donors (Lipinski definition) is 0. The zero-order chi connectivity index (χ0) is 9.94. The largest absolute Gasteiger partial charge is 0.468 e. The van der Waals surface area contributed by atoms with Crippen LogP contribution >= 0.6 is 21.6 Å². The molecule has 13 heavy (non-hydrogen) atoms. The summed E-state index contributed by atoms with van der Waals surface area (Å²) in [4.78, 5) is 10.7. The SMILES string of the molecule is CCCCCCSSCC(=O)OC. The lowest BCUT2D eigenvalue weighted by Gasteiger charge is -1.99. The van der Waals surface area contributed by atoms with Crippen LogP contribution in [0.4, 0.5) is 0 Å². The quantitative estimate of drug-likeness (QED) is 0.358. The van der Waals surface area contributed by atoms with Crippen molar-refractivity contribution in [2.75, 3.05) is 18.6 Å². The van der Waals surface area contributed by atoms with Gasteiger partial charge in [0.1, 0.15) is 5.75 Å². The normalized spacial score (nSPS) is 10.0. The van der Waals surface area contributed by atoms with Gasteiger partial charge >= 0.3 is 5.97 Å². The Labute approximate surface area is 88.6 Å². The summed E-state index contributed by atoms with van der Waals surface area (Å²) in [6.45, 7) is 2.21. The van der Waals surface area contributed by atoms with Crippen molar-refractivity contribution >= 4 is 27.6 Å². The zero-order valence-electron chi connectivity index (χ0n) is 8.38. The van der Waals surface area contributed by atoms with E-state index >= 15 is 0 Å². The number of unbranched alkanes of at least 4 members (excludes halogenated alkanes) is 3. The molecule has 0 spiro atoms. The van der Waals surface area contributed by atoms with E-state index in [9.17, 15) is 4.79 Å². The van der Waals surface area contributed by atoms with Crippen LogP contribution in [-0.4, -0.2) is 24.6 Å². The third-order valence-corrected chi connectivity index (χ3v) is 3.90. The number of carbonyl (C=O) groups excluding carboxylic acids is 1. The Morgan fingerprint density at radius 3 is 2.62 bits per heavy atom. The van der Waals surface area contributed by atoms with E-state index in [1.807, 2.05) is 0 Å². The molecule has 0 aromatic carbocycles. The van der Waals surface area contributed by atoms with Gasteiger partial charge in [-0.1, -0.05) is 47.8 Å². The predicted molar refractivity (Wildman–Crippen MR) is 61.1 cm³/mol. The summed E-state index contributed by atoms with van der Waals surface area (Å²) >= 11 is 0. The maximum absolute atomic E-state index is 10.7. The van der Waals surface area contributed by atoms with E-state index in [1.54, 1.807) is 21.6 Å². The Kier molecular flexibility index (Phi) is 10.4. The summed E-state index contributed by atoms with van der Waals surface area (Å²) in [6, 6.07) is 0. The summed E-state index contributed by atoms with van der Waals surface area (Å²) in [7, 11) is 4.77. The van der Waals surface area contributed by atoms with Gasteiger partial charge in [-0.15, -0.1) is 0 Å². The number of hydrogen-bond acceptors (Lipinski definition) is 4. The fraction of sp³-hybridized carbons (Fsp3) is 0.889. The van der Waals surface area contributed by atoms with Crippen LogP contribution in [0.15, 0.2) is 0 Å². The van der Waals surface area contributed by atoms with Crippen LogP contribution < -0.4 is 0 Å². The molecule has 0 rings (SSSR count).